The number of anilines is 1. The fourth-order valence-corrected chi connectivity index (χ4v) is 3.38. The molecule has 3 aromatic carbocycles. The third-order valence-electron chi connectivity index (χ3n) is 3.80. The number of aryl methyl sites for hydroxylation is 1. The second-order valence-electron chi connectivity index (χ2n) is 5.69. The molecule has 0 bridgehead atoms. The number of hydrogen-bond acceptors (Lipinski definition) is 4. The predicted octanol–water partition coefficient (Wildman–Crippen LogP) is 5.47. The molecule has 0 saturated heterocycles. The normalized spacial score (nSPS) is 11.6. The maximum Gasteiger partial charge on any atom is 0.261 e. The van der Waals surface area contributed by atoms with Gasteiger partial charge in [0.2, 0.25) is 0 Å². The van der Waals surface area contributed by atoms with Crippen LogP contribution >= 0.6 is 0 Å². The highest BCUT2D eigenvalue weighted by molar-refractivity contribution is 7.92. The van der Waals surface area contributed by atoms with E-state index in [1.54, 1.807) is 36.4 Å². The van der Waals surface area contributed by atoms with Crippen molar-refractivity contribution in [2.75, 3.05) is 4.72 Å². The van der Waals surface area contributed by atoms with Crippen LogP contribution in [-0.2, 0) is 16.4 Å². The lowest BCUT2D eigenvalue weighted by Crippen LogP contribution is -2.12. The third-order valence-corrected chi connectivity index (χ3v) is 5.20. The smallest absolute Gasteiger partial charge is 0.261 e. The van der Waals surface area contributed by atoms with E-state index in [-0.39, 0.29) is 4.90 Å². The van der Waals surface area contributed by atoms with E-state index in [1.165, 1.54) is 0 Å². The topological polar surface area (TPSA) is 70.9 Å². The summed E-state index contributed by atoms with van der Waals surface area (Å²) in [5.41, 5.74) is 2.97. The standard InChI is InChI=1S/C20H19N3O2S/c1-2-16-8-14-20(15-9-16)26(24,25)23-19-12-10-18(11-13-19)22-21-17-6-4-3-5-7-17/h3-15,23H,2H2,1H3. The molecule has 0 aromatic heterocycles. The van der Waals surface area contributed by atoms with E-state index in [9.17, 15) is 8.42 Å². The monoisotopic (exact) mass is 365 g/mol. The van der Waals surface area contributed by atoms with Gasteiger partial charge in [0.15, 0.2) is 0 Å². The molecule has 1 N–H and O–H groups in total. The van der Waals surface area contributed by atoms with Gasteiger partial charge in [-0.25, -0.2) is 8.42 Å². The molecule has 0 aliphatic carbocycles. The molecule has 3 rings (SSSR count). The molecular weight excluding hydrogens is 346 g/mol. The summed E-state index contributed by atoms with van der Waals surface area (Å²) < 4.78 is 27.5. The first kappa shape index (κ1) is 17.8. The fraction of sp³-hybridized carbons (Fsp3) is 0.100. The highest BCUT2D eigenvalue weighted by atomic mass is 32.2. The number of nitrogens with zero attached hydrogens (tertiary/aromatic N) is 2. The molecule has 6 heteroatoms. The van der Waals surface area contributed by atoms with E-state index < -0.39 is 10.0 Å². The van der Waals surface area contributed by atoms with Crippen LogP contribution in [0.2, 0.25) is 0 Å². The highest BCUT2D eigenvalue weighted by Crippen LogP contribution is 2.22. The molecule has 3 aromatic rings. The van der Waals surface area contributed by atoms with Crippen LogP contribution in [0.25, 0.3) is 0 Å². The minimum Gasteiger partial charge on any atom is -0.280 e. The Kier molecular flexibility index (Phi) is 5.43. The van der Waals surface area contributed by atoms with Gasteiger partial charge in [0.1, 0.15) is 0 Å². The van der Waals surface area contributed by atoms with E-state index >= 15 is 0 Å². The number of rotatable bonds is 6. The van der Waals surface area contributed by atoms with Gasteiger partial charge in [-0.05, 0) is 60.5 Å². The third kappa shape index (κ3) is 4.55. The summed E-state index contributed by atoms with van der Waals surface area (Å²) in [4.78, 5) is 0.238. The van der Waals surface area contributed by atoms with Crippen molar-refractivity contribution in [2.45, 2.75) is 18.2 Å². The molecule has 0 heterocycles. The molecule has 26 heavy (non-hydrogen) atoms. The predicted molar refractivity (Wildman–Crippen MR) is 104 cm³/mol. The van der Waals surface area contributed by atoms with Crippen LogP contribution in [0.4, 0.5) is 17.1 Å². The summed E-state index contributed by atoms with van der Waals surface area (Å²) >= 11 is 0. The zero-order valence-electron chi connectivity index (χ0n) is 14.3. The average Bonchev–Trinajstić information content (AvgIpc) is 2.68. The number of sulfonamides is 1. The van der Waals surface area contributed by atoms with Crippen LogP contribution < -0.4 is 4.72 Å². The zero-order valence-corrected chi connectivity index (χ0v) is 15.1. The molecule has 0 aliphatic rings. The van der Waals surface area contributed by atoms with E-state index in [0.29, 0.717) is 11.4 Å². The van der Waals surface area contributed by atoms with Crippen molar-refractivity contribution in [2.24, 2.45) is 10.2 Å². The quantitative estimate of drug-likeness (QED) is 0.589. The lowest BCUT2D eigenvalue weighted by molar-refractivity contribution is 0.601. The summed E-state index contributed by atoms with van der Waals surface area (Å²) in [6.07, 6.45) is 0.868. The van der Waals surface area contributed by atoms with Crippen molar-refractivity contribution in [3.63, 3.8) is 0 Å². The summed E-state index contributed by atoms with van der Waals surface area (Å²) in [6.45, 7) is 2.03. The zero-order chi connectivity index (χ0) is 18.4. The SMILES string of the molecule is CCc1ccc(S(=O)(=O)Nc2ccc(N=Nc3ccccc3)cc2)cc1. The van der Waals surface area contributed by atoms with Crippen molar-refractivity contribution in [3.8, 4) is 0 Å². The molecular formula is C20H19N3O2S. The van der Waals surface area contributed by atoms with E-state index in [0.717, 1.165) is 17.7 Å². The Morgan fingerprint density at radius 1 is 0.769 bits per heavy atom. The lowest BCUT2D eigenvalue weighted by atomic mass is 10.2. The molecule has 0 fully saturated rings. The molecule has 132 valence electrons. The first-order valence-corrected chi connectivity index (χ1v) is 9.74. The van der Waals surface area contributed by atoms with Crippen molar-refractivity contribution >= 4 is 27.1 Å². The van der Waals surface area contributed by atoms with E-state index in [4.69, 9.17) is 0 Å². The maximum atomic E-state index is 12.4. The Balaban J connectivity index is 1.71. The van der Waals surface area contributed by atoms with Gasteiger partial charge in [-0.3, -0.25) is 4.72 Å². The largest absolute Gasteiger partial charge is 0.280 e. The fourth-order valence-electron chi connectivity index (χ4n) is 2.32. The van der Waals surface area contributed by atoms with Gasteiger partial charge in [0.05, 0.1) is 16.3 Å². The van der Waals surface area contributed by atoms with Crippen molar-refractivity contribution in [1.82, 2.24) is 0 Å². The van der Waals surface area contributed by atoms with E-state index in [1.807, 2.05) is 49.4 Å². The van der Waals surface area contributed by atoms with Crippen molar-refractivity contribution in [1.29, 1.82) is 0 Å². The van der Waals surface area contributed by atoms with Crippen LogP contribution in [0.3, 0.4) is 0 Å². The van der Waals surface area contributed by atoms with Gasteiger partial charge in [-0.15, -0.1) is 0 Å². The Morgan fingerprint density at radius 2 is 1.35 bits per heavy atom. The summed E-state index contributed by atoms with van der Waals surface area (Å²) in [6, 6.07) is 23.0. The number of benzene rings is 3. The summed E-state index contributed by atoms with van der Waals surface area (Å²) in [7, 11) is -3.61. The molecule has 0 atom stereocenters. The Labute approximate surface area is 153 Å². The van der Waals surface area contributed by atoms with Crippen LogP contribution in [0.5, 0.6) is 0 Å². The van der Waals surface area contributed by atoms with Gasteiger partial charge in [0, 0.05) is 5.69 Å². The molecule has 5 nitrogen and oxygen atoms in total. The Bertz CT molecular complexity index is 981. The van der Waals surface area contributed by atoms with Crippen LogP contribution in [0, 0.1) is 0 Å². The van der Waals surface area contributed by atoms with Crippen molar-refractivity contribution in [3.05, 3.63) is 84.4 Å². The number of hydrogen-bond donors (Lipinski definition) is 1. The molecule has 0 spiro atoms. The first-order chi connectivity index (χ1) is 12.6. The molecule has 0 amide bonds. The van der Waals surface area contributed by atoms with Crippen LogP contribution in [0.15, 0.2) is 94.0 Å². The van der Waals surface area contributed by atoms with Crippen molar-refractivity contribution < 1.29 is 8.42 Å². The second kappa shape index (κ2) is 7.93. The van der Waals surface area contributed by atoms with Crippen LogP contribution in [0.1, 0.15) is 12.5 Å². The van der Waals surface area contributed by atoms with Gasteiger partial charge in [0.25, 0.3) is 10.0 Å². The average molecular weight is 365 g/mol. The van der Waals surface area contributed by atoms with Gasteiger partial charge >= 0.3 is 0 Å². The molecule has 0 radical (unpaired) electrons. The van der Waals surface area contributed by atoms with Gasteiger partial charge < -0.3 is 0 Å². The molecule has 0 unspecified atom stereocenters. The lowest BCUT2D eigenvalue weighted by Gasteiger charge is -2.08. The number of nitrogens with one attached hydrogen (secondary N) is 1. The maximum absolute atomic E-state index is 12.4. The Morgan fingerprint density at radius 3 is 1.92 bits per heavy atom. The molecule has 0 saturated carbocycles. The Hall–Kier alpha value is -2.99. The second-order valence-corrected chi connectivity index (χ2v) is 7.37. The van der Waals surface area contributed by atoms with E-state index in [2.05, 4.69) is 15.0 Å². The minimum absolute atomic E-state index is 0.238. The molecule has 0 aliphatic heterocycles. The van der Waals surface area contributed by atoms with Gasteiger partial charge in [-0.2, -0.15) is 10.2 Å². The van der Waals surface area contributed by atoms with Crippen LogP contribution in [-0.4, -0.2) is 8.42 Å². The minimum atomic E-state index is -3.61. The first-order valence-electron chi connectivity index (χ1n) is 8.25. The number of azo groups is 1. The summed E-state index contributed by atoms with van der Waals surface area (Å²) in [5, 5.41) is 8.27. The van der Waals surface area contributed by atoms with Gasteiger partial charge in [-0.1, -0.05) is 37.3 Å². The highest BCUT2D eigenvalue weighted by Gasteiger charge is 2.13. The summed E-state index contributed by atoms with van der Waals surface area (Å²) in [5.74, 6) is 0.